The van der Waals surface area contributed by atoms with Gasteiger partial charge in [0.25, 0.3) is 5.91 Å². The van der Waals surface area contributed by atoms with Gasteiger partial charge < -0.3 is 30.3 Å². The van der Waals surface area contributed by atoms with Crippen LogP contribution in [-0.2, 0) is 9.53 Å². The monoisotopic (exact) mass is 411 g/mol. The number of anilines is 1. The molecule has 0 radical (unpaired) electrons. The number of aliphatic hydroxyl groups excluding tert-OH is 3. The molecule has 1 amide bonds. The Morgan fingerprint density at radius 2 is 1.90 bits per heavy atom. The van der Waals surface area contributed by atoms with Crippen molar-refractivity contribution in [1.82, 2.24) is 5.32 Å². The van der Waals surface area contributed by atoms with Crippen LogP contribution in [0.25, 0.3) is 16.8 Å². The summed E-state index contributed by atoms with van der Waals surface area (Å²) in [5.74, 6) is -0.614. The highest BCUT2D eigenvalue weighted by Gasteiger charge is 2.37. The van der Waals surface area contributed by atoms with E-state index in [-0.39, 0.29) is 18.7 Å². The van der Waals surface area contributed by atoms with Crippen LogP contribution in [0.1, 0.15) is 5.56 Å². The number of benzene rings is 2. The third-order valence-corrected chi connectivity index (χ3v) is 5.11. The van der Waals surface area contributed by atoms with E-state index in [0.717, 1.165) is 16.5 Å². The summed E-state index contributed by atoms with van der Waals surface area (Å²) in [6.07, 6.45) is -3.25. The molecule has 30 heavy (non-hydrogen) atoms. The maximum absolute atomic E-state index is 12.4. The standard InChI is InChI=1S/C22H25N3O5/c1-25(2)17-6-5-14-7-13(3-4-15(14)9-17)8-16(10-23)22(29)24-11-19-21(28)20(27)18(26)12-30-19/h3-9,18-21,26-28H,11-12H2,1-2H3,(H,24,29). The number of amides is 1. The fourth-order valence-electron chi connectivity index (χ4n) is 3.27. The molecule has 2 aromatic carbocycles. The zero-order valence-electron chi connectivity index (χ0n) is 16.8. The van der Waals surface area contributed by atoms with Gasteiger partial charge in [0.2, 0.25) is 0 Å². The fraction of sp³-hybridized carbons (Fsp3) is 0.364. The lowest BCUT2D eigenvalue weighted by Gasteiger charge is -2.35. The minimum Gasteiger partial charge on any atom is -0.388 e. The number of nitrogens with zero attached hydrogens (tertiary/aromatic N) is 2. The second kappa shape index (κ2) is 9.24. The van der Waals surface area contributed by atoms with E-state index in [4.69, 9.17) is 4.74 Å². The second-order valence-corrected chi connectivity index (χ2v) is 7.49. The van der Waals surface area contributed by atoms with Crippen molar-refractivity contribution in [2.75, 3.05) is 32.1 Å². The molecule has 1 fully saturated rings. The molecule has 0 spiro atoms. The molecule has 4 atom stereocenters. The van der Waals surface area contributed by atoms with Crippen molar-refractivity contribution in [2.24, 2.45) is 0 Å². The quantitative estimate of drug-likeness (QED) is 0.415. The van der Waals surface area contributed by atoms with E-state index in [2.05, 4.69) is 11.4 Å². The highest BCUT2D eigenvalue weighted by atomic mass is 16.5. The third kappa shape index (κ3) is 4.78. The van der Waals surface area contributed by atoms with E-state index in [1.807, 2.05) is 55.4 Å². The topological polar surface area (TPSA) is 126 Å². The summed E-state index contributed by atoms with van der Waals surface area (Å²) < 4.78 is 5.25. The van der Waals surface area contributed by atoms with Crippen molar-refractivity contribution in [3.8, 4) is 6.07 Å². The Hall–Kier alpha value is -2.96. The van der Waals surface area contributed by atoms with Gasteiger partial charge in [0.05, 0.1) is 6.61 Å². The highest BCUT2D eigenvalue weighted by Crippen LogP contribution is 2.23. The Labute approximate surface area is 174 Å². The molecule has 8 nitrogen and oxygen atoms in total. The summed E-state index contributed by atoms with van der Waals surface area (Å²) in [5.41, 5.74) is 1.69. The number of aliphatic hydroxyl groups is 3. The van der Waals surface area contributed by atoms with E-state index in [9.17, 15) is 25.4 Å². The number of carbonyl (C=O) groups is 1. The molecule has 158 valence electrons. The molecule has 8 heteroatoms. The summed E-state index contributed by atoms with van der Waals surface area (Å²) >= 11 is 0. The second-order valence-electron chi connectivity index (χ2n) is 7.49. The number of carbonyl (C=O) groups excluding carboxylic acids is 1. The molecule has 0 aromatic heterocycles. The third-order valence-electron chi connectivity index (χ3n) is 5.11. The van der Waals surface area contributed by atoms with E-state index in [1.165, 1.54) is 6.08 Å². The predicted octanol–water partition coefficient (Wildman–Crippen LogP) is 0.410. The summed E-state index contributed by atoms with van der Waals surface area (Å²) in [6, 6.07) is 13.6. The molecule has 1 heterocycles. The molecule has 4 N–H and O–H groups in total. The van der Waals surface area contributed by atoms with Crippen LogP contribution in [0.2, 0.25) is 0 Å². The predicted molar refractivity (Wildman–Crippen MR) is 113 cm³/mol. The lowest BCUT2D eigenvalue weighted by atomic mass is 10.00. The van der Waals surface area contributed by atoms with Crippen molar-refractivity contribution < 1.29 is 24.9 Å². The van der Waals surface area contributed by atoms with E-state index in [0.29, 0.717) is 5.56 Å². The number of hydrogen-bond acceptors (Lipinski definition) is 7. The van der Waals surface area contributed by atoms with Crippen molar-refractivity contribution in [2.45, 2.75) is 24.4 Å². The number of nitriles is 1. The first-order valence-electron chi connectivity index (χ1n) is 9.57. The SMILES string of the molecule is CN(C)c1ccc2cc(C=C(C#N)C(=O)NCC3OCC(O)C(O)C3O)ccc2c1. The van der Waals surface area contributed by atoms with Gasteiger partial charge in [0, 0.05) is 26.3 Å². The first-order chi connectivity index (χ1) is 14.3. The molecule has 3 rings (SSSR count). The van der Waals surface area contributed by atoms with Gasteiger partial charge in [-0.25, -0.2) is 0 Å². The Kier molecular flexibility index (Phi) is 6.70. The van der Waals surface area contributed by atoms with Crippen LogP contribution in [0.4, 0.5) is 5.69 Å². The lowest BCUT2D eigenvalue weighted by molar-refractivity contribution is -0.185. The van der Waals surface area contributed by atoms with Gasteiger partial charge >= 0.3 is 0 Å². The van der Waals surface area contributed by atoms with Crippen molar-refractivity contribution in [3.05, 3.63) is 47.5 Å². The average Bonchev–Trinajstić information content (AvgIpc) is 2.74. The highest BCUT2D eigenvalue weighted by molar-refractivity contribution is 6.02. The van der Waals surface area contributed by atoms with Gasteiger partial charge in [-0.1, -0.05) is 18.2 Å². The Morgan fingerprint density at radius 3 is 2.60 bits per heavy atom. The molecular formula is C22H25N3O5. The van der Waals surface area contributed by atoms with E-state index in [1.54, 1.807) is 0 Å². The molecule has 4 unspecified atom stereocenters. The van der Waals surface area contributed by atoms with Gasteiger partial charge in [0.1, 0.15) is 36.1 Å². The number of fused-ring (bicyclic) bond motifs is 1. The van der Waals surface area contributed by atoms with Crippen LogP contribution in [-0.4, -0.2) is 72.9 Å². The molecule has 0 aliphatic carbocycles. The number of ether oxygens (including phenoxy) is 1. The molecular weight excluding hydrogens is 386 g/mol. The number of rotatable bonds is 5. The Bertz CT molecular complexity index is 998. The van der Waals surface area contributed by atoms with E-state index < -0.39 is 30.3 Å². The minimum atomic E-state index is -1.35. The molecule has 2 aromatic rings. The first kappa shape index (κ1) is 21.7. The summed E-state index contributed by atoms with van der Waals surface area (Å²) in [5, 5.41) is 43.1. The summed E-state index contributed by atoms with van der Waals surface area (Å²) in [7, 11) is 3.94. The number of nitrogens with one attached hydrogen (secondary N) is 1. The number of hydrogen-bond donors (Lipinski definition) is 4. The normalized spacial score (nSPS) is 24.3. The van der Waals surface area contributed by atoms with Crippen LogP contribution in [0.5, 0.6) is 0 Å². The van der Waals surface area contributed by atoms with Gasteiger partial charge in [-0.2, -0.15) is 5.26 Å². The largest absolute Gasteiger partial charge is 0.388 e. The van der Waals surface area contributed by atoms with Crippen molar-refractivity contribution in [3.63, 3.8) is 0 Å². The summed E-state index contributed by atoms with van der Waals surface area (Å²) in [4.78, 5) is 14.4. The van der Waals surface area contributed by atoms with Crippen molar-refractivity contribution >= 4 is 28.4 Å². The van der Waals surface area contributed by atoms with Gasteiger partial charge in [-0.05, 0) is 40.6 Å². The Morgan fingerprint density at radius 1 is 1.20 bits per heavy atom. The minimum absolute atomic E-state index is 0.0925. The van der Waals surface area contributed by atoms with Crippen LogP contribution in [0.3, 0.4) is 0 Å². The first-order valence-corrected chi connectivity index (χ1v) is 9.57. The van der Waals surface area contributed by atoms with Gasteiger partial charge in [0.15, 0.2) is 0 Å². The zero-order valence-corrected chi connectivity index (χ0v) is 16.8. The molecule has 1 saturated heterocycles. The van der Waals surface area contributed by atoms with Gasteiger partial charge in [-0.3, -0.25) is 4.79 Å². The fourth-order valence-corrected chi connectivity index (χ4v) is 3.27. The molecule has 0 bridgehead atoms. The maximum Gasteiger partial charge on any atom is 0.262 e. The van der Waals surface area contributed by atoms with Gasteiger partial charge in [-0.15, -0.1) is 0 Å². The molecule has 0 saturated carbocycles. The zero-order chi connectivity index (χ0) is 21.8. The van der Waals surface area contributed by atoms with Crippen molar-refractivity contribution in [1.29, 1.82) is 5.26 Å². The molecule has 1 aliphatic heterocycles. The Balaban J connectivity index is 1.71. The van der Waals surface area contributed by atoms with Crippen LogP contribution in [0, 0.1) is 11.3 Å². The van der Waals surface area contributed by atoms with E-state index >= 15 is 0 Å². The lowest BCUT2D eigenvalue weighted by Crippen LogP contribution is -2.56. The maximum atomic E-state index is 12.4. The summed E-state index contributed by atoms with van der Waals surface area (Å²) in [6.45, 7) is -0.250. The smallest absolute Gasteiger partial charge is 0.262 e. The molecule has 1 aliphatic rings. The average molecular weight is 411 g/mol. The van der Waals surface area contributed by atoms with Crippen LogP contribution >= 0.6 is 0 Å². The van der Waals surface area contributed by atoms with Crippen LogP contribution < -0.4 is 10.2 Å². The van der Waals surface area contributed by atoms with Crippen LogP contribution in [0.15, 0.2) is 42.0 Å².